The topological polar surface area (TPSA) is 51.5 Å². The molecule has 0 spiro atoms. The van der Waals surface area contributed by atoms with Gasteiger partial charge in [-0.15, -0.1) is 0 Å². The van der Waals surface area contributed by atoms with Gasteiger partial charge in [0.2, 0.25) is 0 Å². The largest absolute Gasteiger partial charge is 0.444 e. The van der Waals surface area contributed by atoms with Crippen molar-refractivity contribution in [1.29, 1.82) is 0 Å². The molecular weight excluding hydrogens is 286 g/mol. The van der Waals surface area contributed by atoms with E-state index < -0.39 is 0 Å². The Hall–Kier alpha value is -0.810. The van der Waals surface area contributed by atoms with Crippen LogP contribution < -0.4 is 5.32 Å². The van der Waals surface area contributed by atoms with Crippen LogP contribution >= 0.6 is 15.9 Å². The molecule has 1 amide bonds. The van der Waals surface area contributed by atoms with Crippen molar-refractivity contribution in [2.24, 2.45) is 0 Å². The lowest BCUT2D eigenvalue weighted by Gasteiger charge is -2.35. The van der Waals surface area contributed by atoms with E-state index in [-0.39, 0.29) is 17.6 Å². The first-order valence-electron chi connectivity index (χ1n) is 5.66. The average molecular weight is 302 g/mol. The predicted octanol–water partition coefficient (Wildman–Crippen LogP) is 2.73. The molecular formula is C12H16BrNO3. The molecule has 0 radical (unpaired) electrons. The Labute approximate surface area is 109 Å². The van der Waals surface area contributed by atoms with Gasteiger partial charge in [-0.05, 0) is 54.8 Å². The molecule has 1 unspecified atom stereocenters. The minimum atomic E-state index is -0.168. The van der Waals surface area contributed by atoms with E-state index in [1.54, 1.807) is 12.1 Å². The molecule has 0 aliphatic carbocycles. The fraction of sp³-hybridized carbons (Fsp3) is 0.583. The summed E-state index contributed by atoms with van der Waals surface area (Å²) in [4.78, 5) is 11.9. The molecule has 4 nitrogen and oxygen atoms in total. The summed E-state index contributed by atoms with van der Waals surface area (Å²) in [5, 5.41) is 2.97. The van der Waals surface area contributed by atoms with Crippen molar-refractivity contribution in [2.45, 2.75) is 38.3 Å². The van der Waals surface area contributed by atoms with Crippen molar-refractivity contribution < 1.29 is 13.9 Å². The first kappa shape index (κ1) is 12.6. The molecule has 1 fully saturated rings. The van der Waals surface area contributed by atoms with Crippen molar-refractivity contribution in [2.75, 3.05) is 6.61 Å². The van der Waals surface area contributed by atoms with Crippen LogP contribution in [0.5, 0.6) is 0 Å². The van der Waals surface area contributed by atoms with Crippen LogP contribution in [0.15, 0.2) is 21.2 Å². The lowest BCUT2D eigenvalue weighted by Crippen LogP contribution is -2.45. The highest BCUT2D eigenvalue weighted by Gasteiger charge is 2.30. The highest BCUT2D eigenvalue weighted by Crippen LogP contribution is 2.24. The Morgan fingerprint density at radius 1 is 1.53 bits per heavy atom. The molecule has 1 N–H and O–H groups in total. The Kier molecular flexibility index (Phi) is 3.58. The quantitative estimate of drug-likeness (QED) is 0.914. The number of halogens is 1. The molecule has 1 atom stereocenters. The first-order valence-corrected chi connectivity index (χ1v) is 6.46. The van der Waals surface area contributed by atoms with E-state index in [0.29, 0.717) is 17.0 Å². The maximum absolute atomic E-state index is 11.9. The summed E-state index contributed by atoms with van der Waals surface area (Å²) in [6.45, 7) is 4.75. The molecule has 1 saturated heterocycles. The number of furan rings is 1. The third-order valence-electron chi connectivity index (χ3n) is 2.83. The molecule has 1 aliphatic heterocycles. The van der Waals surface area contributed by atoms with Crippen LogP contribution in [0.2, 0.25) is 0 Å². The summed E-state index contributed by atoms with van der Waals surface area (Å²) in [7, 11) is 0. The van der Waals surface area contributed by atoms with Gasteiger partial charge in [0.25, 0.3) is 5.91 Å². The molecule has 0 saturated carbocycles. The van der Waals surface area contributed by atoms with E-state index in [2.05, 4.69) is 21.2 Å². The second kappa shape index (κ2) is 4.82. The summed E-state index contributed by atoms with van der Waals surface area (Å²) in [5.41, 5.74) is -0.167. The molecule has 94 valence electrons. The van der Waals surface area contributed by atoms with Crippen LogP contribution in [-0.4, -0.2) is 24.2 Å². The monoisotopic (exact) mass is 301 g/mol. The number of carbonyl (C=O) groups is 1. The van der Waals surface area contributed by atoms with Gasteiger partial charge >= 0.3 is 0 Å². The minimum Gasteiger partial charge on any atom is -0.444 e. The first-order chi connectivity index (χ1) is 7.96. The fourth-order valence-electron chi connectivity index (χ4n) is 2.05. The standard InChI is InChI=1S/C12H16BrNO3/c1-12(2)7-8(5-6-16-12)14-11(15)9-3-4-10(13)17-9/h3-4,8H,5-7H2,1-2H3,(H,14,15). The van der Waals surface area contributed by atoms with Crippen LogP contribution in [0.4, 0.5) is 0 Å². The number of nitrogens with one attached hydrogen (secondary N) is 1. The normalized spacial score (nSPS) is 23.4. The predicted molar refractivity (Wildman–Crippen MR) is 66.9 cm³/mol. The van der Waals surface area contributed by atoms with Crippen LogP contribution in [0.25, 0.3) is 0 Å². The van der Waals surface area contributed by atoms with Gasteiger partial charge in [0.05, 0.1) is 5.60 Å². The lowest BCUT2D eigenvalue weighted by atomic mass is 9.94. The SMILES string of the molecule is CC1(C)CC(NC(=O)c2ccc(Br)o2)CCO1. The molecule has 1 aromatic rings. The molecule has 2 heterocycles. The Morgan fingerprint density at radius 2 is 2.29 bits per heavy atom. The number of ether oxygens (including phenoxy) is 1. The van der Waals surface area contributed by atoms with E-state index in [0.717, 1.165) is 12.8 Å². The van der Waals surface area contributed by atoms with Crippen molar-refractivity contribution in [3.05, 3.63) is 22.6 Å². The van der Waals surface area contributed by atoms with Gasteiger partial charge in [-0.2, -0.15) is 0 Å². The van der Waals surface area contributed by atoms with Crippen LogP contribution in [0.3, 0.4) is 0 Å². The van der Waals surface area contributed by atoms with Gasteiger partial charge in [0, 0.05) is 12.6 Å². The third kappa shape index (κ3) is 3.33. The van der Waals surface area contributed by atoms with Crippen molar-refractivity contribution in [3.63, 3.8) is 0 Å². The van der Waals surface area contributed by atoms with E-state index in [9.17, 15) is 4.79 Å². The zero-order valence-electron chi connectivity index (χ0n) is 9.96. The summed E-state index contributed by atoms with van der Waals surface area (Å²) in [6.07, 6.45) is 1.66. The maximum atomic E-state index is 11.9. The average Bonchev–Trinajstić information content (AvgIpc) is 2.63. The summed E-state index contributed by atoms with van der Waals surface area (Å²) in [6, 6.07) is 3.52. The van der Waals surface area contributed by atoms with Gasteiger partial charge in [0.1, 0.15) is 0 Å². The van der Waals surface area contributed by atoms with E-state index >= 15 is 0 Å². The van der Waals surface area contributed by atoms with E-state index in [4.69, 9.17) is 9.15 Å². The van der Waals surface area contributed by atoms with Gasteiger partial charge in [-0.1, -0.05) is 0 Å². The van der Waals surface area contributed by atoms with Crippen LogP contribution in [-0.2, 0) is 4.74 Å². The van der Waals surface area contributed by atoms with Crippen LogP contribution in [0.1, 0.15) is 37.2 Å². The Balaban J connectivity index is 1.95. The third-order valence-corrected chi connectivity index (χ3v) is 3.26. The second-order valence-corrected chi connectivity index (χ2v) is 5.66. The molecule has 0 bridgehead atoms. The molecule has 2 rings (SSSR count). The number of carbonyl (C=O) groups excluding carboxylic acids is 1. The maximum Gasteiger partial charge on any atom is 0.287 e. The molecule has 1 aliphatic rings. The lowest BCUT2D eigenvalue weighted by molar-refractivity contribution is -0.0616. The number of amides is 1. The van der Waals surface area contributed by atoms with Gasteiger partial charge in [-0.3, -0.25) is 4.79 Å². The number of hydrogen-bond acceptors (Lipinski definition) is 3. The van der Waals surface area contributed by atoms with Gasteiger partial charge in [0.15, 0.2) is 10.4 Å². The summed E-state index contributed by atoms with van der Waals surface area (Å²) in [5.74, 6) is 0.166. The zero-order valence-corrected chi connectivity index (χ0v) is 11.5. The summed E-state index contributed by atoms with van der Waals surface area (Å²) < 4.78 is 11.4. The molecule has 5 heteroatoms. The highest BCUT2D eigenvalue weighted by molar-refractivity contribution is 9.10. The summed E-state index contributed by atoms with van der Waals surface area (Å²) >= 11 is 3.18. The Morgan fingerprint density at radius 3 is 2.88 bits per heavy atom. The number of rotatable bonds is 2. The van der Waals surface area contributed by atoms with Crippen molar-refractivity contribution in [1.82, 2.24) is 5.32 Å². The van der Waals surface area contributed by atoms with Crippen molar-refractivity contribution in [3.8, 4) is 0 Å². The van der Waals surface area contributed by atoms with Crippen molar-refractivity contribution >= 4 is 21.8 Å². The van der Waals surface area contributed by atoms with Gasteiger partial charge < -0.3 is 14.5 Å². The number of hydrogen-bond donors (Lipinski definition) is 1. The van der Waals surface area contributed by atoms with E-state index in [1.807, 2.05) is 13.8 Å². The van der Waals surface area contributed by atoms with Gasteiger partial charge in [-0.25, -0.2) is 0 Å². The minimum absolute atomic E-state index is 0.148. The molecule has 1 aromatic heterocycles. The fourth-order valence-corrected chi connectivity index (χ4v) is 2.35. The molecule has 0 aromatic carbocycles. The van der Waals surface area contributed by atoms with Crippen LogP contribution in [0, 0.1) is 0 Å². The molecule has 17 heavy (non-hydrogen) atoms. The zero-order chi connectivity index (χ0) is 12.5. The smallest absolute Gasteiger partial charge is 0.287 e. The van der Waals surface area contributed by atoms with E-state index in [1.165, 1.54) is 0 Å². The Bertz CT molecular complexity index is 414. The highest BCUT2D eigenvalue weighted by atomic mass is 79.9. The second-order valence-electron chi connectivity index (χ2n) is 4.88.